The van der Waals surface area contributed by atoms with Crippen LogP contribution >= 0.6 is 7.60 Å². The van der Waals surface area contributed by atoms with Crippen LogP contribution in [0.25, 0.3) is 0 Å². The Kier molecular flexibility index (Phi) is 10.1. The Balaban J connectivity index is 4.41. The van der Waals surface area contributed by atoms with Gasteiger partial charge >= 0.3 is 7.60 Å². The molecule has 0 saturated carbocycles. The number of amides is 2. The lowest BCUT2D eigenvalue weighted by Crippen LogP contribution is -2.41. The van der Waals surface area contributed by atoms with Crippen LogP contribution in [-0.4, -0.2) is 59.3 Å². The molecule has 24 heavy (non-hydrogen) atoms. The number of rotatable bonds is 12. The quantitative estimate of drug-likeness (QED) is 0.271. The highest BCUT2D eigenvalue weighted by atomic mass is 31.2. The van der Waals surface area contributed by atoms with Crippen molar-refractivity contribution in [1.29, 1.82) is 0 Å². The second kappa shape index (κ2) is 10.9. The van der Waals surface area contributed by atoms with E-state index in [0.717, 1.165) is 6.08 Å². The first-order chi connectivity index (χ1) is 11.0. The first-order valence-corrected chi connectivity index (χ1v) is 8.86. The van der Waals surface area contributed by atoms with E-state index in [1.807, 2.05) is 0 Å². The summed E-state index contributed by atoms with van der Waals surface area (Å²) in [6.07, 6.45) is -0.584. The van der Waals surface area contributed by atoms with E-state index < -0.39 is 31.6 Å². The molecule has 2 amide bonds. The van der Waals surface area contributed by atoms with Crippen molar-refractivity contribution in [2.45, 2.75) is 19.4 Å². The van der Waals surface area contributed by atoms with Crippen LogP contribution in [0.5, 0.6) is 0 Å². The smallest absolute Gasteiger partial charge is 0.332 e. The summed E-state index contributed by atoms with van der Waals surface area (Å²) in [6, 6.07) is 0. The highest BCUT2D eigenvalue weighted by Crippen LogP contribution is 2.34. The van der Waals surface area contributed by atoms with Gasteiger partial charge < -0.3 is 25.2 Å². The van der Waals surface area contributed by atoms with Crippen molar-refractivity contribution < 1.29 is 33.5 Å². The number of carbonyl (C=O) groups is 3. The highest BCUT2D eigenvalue weighted by Gasteiger charge is 2.19. The molecule has 0 bridgehead atoms. The summed E-state index contributed by atoms with van der Waals surface area (Å²) in [4.78, 5) is 51.4. The van der Waals surface area contributed by atoms with Gasteiger partial charge in [-0.05, 0) is 13.0 Å². The number of hydrogen-bond donors (Lipinski definition) is 4. The average Bonchev–Trinajstić information content (AvgIpc) is 2.46. The average molecular weight is 362 g/mol. The van der Waals surface area contributed by atoms with E-state index in [4.69, 9.17) is 14.5 Å². The third kappa shape index (κ3) is 11.7. The molecule has 0 aliphatic heterocycles. The van der Waals surface area contributed by atoms with Crippen LogP contribution in [0.2, 0.25) is 0 Å². The molecule has 0 aromatic rings. The number of carbonyl (C=O) groups excluding carboxylic acids is 3. The Hall–Kier alpha value is -1.80. The van der Waals surface area contributed by atoms with Crippen molar-refractivity contribution in [3.05, 3.63) is 24.8 Å². The Morgan fingerprint density at radius 1 is 1.25 bits per heavy atom. The monoisotopic (exact) mass is 362 g/mol. The molecular weight excluding hydrogens is 339 g/mol. The molecule has 0 aromatic carbocycles. The molecular formula is C14H23N2O7P. The van der Waals surface area contributed by atoms with Crippen LogP contribution in [0.4, 0.5) is 0 Å². The fourth-order valence-corrected chi connectivity index (χ4v) is 2.10. The zero-order valence-corrected chi connectivity index (χ0v) is 14.4. The molecule has 0 saturated heterocycles. The number of ketones is 1. The lowest BCUT2D eigenvalue weighted by Gasteiger charge is -2.19. The maximum Gasteiger partial charge on any atom is 0.332 e. The number of ether oxygens (including phenoxy) is 1. The molecule has 0 heterocycles. The van der Waals surface area contributed by atoms with Crippen molar-refractivity contribution in [2.75, 3.05) is 25.9 Å². The van der Waals surface area contributed by atoms with Crippen LogP contribution in [0.1, 0.15) is 13.3 Å². The van der Waals surface area contributed by atoms with Gasteiger partial charge in [0.2, 0.25) is 11.8 Å². The van der Waals surface area contributed by atoms with E-state index in [0.29, 0.717) is 5.57 Å². The van der Waals surface area contributed by atoms with Gasteiger partial charge in [-0.1, -0.05) is 13.2 Å². The molecule has 0 aliphatic rings. The van der Waals surface area contributed by atoms with Gasteiger partial charge in [-0.3, -0.25) is 18.9 Å². The van der Waals surface area contributed by atoms with Gasteiger partial charge in [0.05, 0.1) is 12.7 Å². The molecule has 0 aliphatic carbocycles. The molecule has 0 aromatic heterocycles. The normalized spacial score (nSPS) is 12.1. The van der Waals surface area contributed by atoms with Crippen LogP contribution in [0, 0.1) is 0 Å². The standard InChI is InChI=1S/C14H23N2O7P/c1-4-13(18)15-7-12(8-16-14(19)10(2)3)23-6-5-11(17)9-24(20,21)22/h4,12H,1-2,5-9H2,3H3,(H,15,18)(H,16,19)(H2,20,21,22). The molecule has 4 N–H and O–H groups in total. The minimum absolute atomic E-state index is 0.0635. The molecule has 1 unspecified atom stereocenters. The van der Waals surface area contributed by atoms with Crippen LogP contribution in [0.15, 0.2) is 24.8 Å². The van der Waals surface area contributed by atoms with Gasteiger partial charge in [0.25, 0.3) is 0 Å². The maximum absolute atomic E-state index is 11.5. The molecule has 0 radical (unpaired) electrons. The molecule has 0 fully saturated rings. The molecule has 0 spiro atoms. The molecule has 10 heteroatoms. The SMILES string of the molecule is C=CC(=O)NCC(CNC(=O)C(=C)C)OCCC(=O)CP(=O)(O)O. The van der Waals surface area contributed by atoms with E-state index in [1.54, 1.807) is 0 Å². The second-order valence-corrected chi connectivity index (χ2v) is 6.69. The Bertz CT molecular complexity index is 541. The zero-order chi connectivity index (χ0) is 18.8. The van der Waals surface area contributed by atoms with Gasteiger partial charge in [-0.25, -0.2) is 0 Å². The highest BCUT2D eigenvalue weighted by molar-refractivity contribution is 7.52. The van der Waals surface area contributed by atoms with Gasteiger partial charge in [-0.2, -0.15) is 0 Å². The van der Waals surface area contributed by atoms with E-state index in [-0.39, 0.29) is 32.0 Å². The van der Waals surface area contributed by atoms with E-state index in [2.05, 4.69) is 23.8 Å². The zero-order valence-electron chi connectivity index (χ0n) is 13.5. The Labute approximate surface area is 140 Å². The molecule has 136 valence electrons. The predicted octanol–water partition coefficient (Wildman–Crippen LogP) is -0.497. The summed E-state index contributed by atoms with van der Waals surface area (Å²) in [5.41, 5.74) is 0.306. The first kappa shape index (κ1) is 22.2. The topological polar surface area (TPSA) is 142 Å². The van der Waals surface area contributed by atoms with Gasteiger partial charge in [0.1, 0.15) is 11.9 Å². The fourth-order valence-electron chi connectivity index (χ4n) is 1.48. The summed E-state index contributed by atoms with van der Waals surface area (Å²) < 4.78 is 16.1. The Morgan fingerprint density at radius 2 is 1.83 bits per heavy atom. The van der Waals surface area contributed by atoms with Crippen molar-refractivity contribution in [2.24, 2.45) is 0 Å². The lowest BCUT2D eigenvalue weighted by molar-refractivity contribution is -0.121. The summed E-state index contributed by atoms with van der Waals surface area (Å²) in [7, 11) is -4.39. The first-order valence-electron chi connectivity index (χ1n) is 7.07. The Morgan fingerprint density at radius 3 is 2.33 bits per heavy atom. The lowest BCUT2D eigenvalue weighted by atomic mass is 10.3. The van der Waals surface area contributed by atoms with Crippen molar-refractivity contribution in [1.82, 2.24) is 10.6 Å². The summed E-state index contributed by atoms with van der Waals surface area (Å²) in [5, 5.41) is 5.05. The third-order valence-corrected chi connectivity index (χ3v) is 3.45. The largest absolute Gasteiger partial charge is 0.374 e. The van der Waals surface area contributed by atoms with Gasteiger partial charge in [-0.15, -0.1) is 0 Å². The van der Waals surface area contributed by atoms with E-state index in [1.165, 1.54) is 6.92 Å². The van der Waals surface area contributed by atoms with E-state index in [9.17, 15) is 18.9 Å². The number of Topliss-reactive ketones (excluding diaryl/α,β-unsaturated/α-hetero) is 1. The van der Waals surface area contributed by atoms with Crippen LogP contribution in [-0.2, 0) is 23.7 Å². The number of hydrogen-bond acceptors (Lipinski definition) is 5. The molecule has 9 nitrogen and oxygen atoms in total. The summed E-state index contributed by atoms with van der Waals surface area (Å²) >= 11 is 0. The third-order valence-electron chi connectivity index (χ3n) is 2.68. The van der Waals surface area contributed by atoms with Crippen molar-refractivity contribution in [3.63, 3.8) is 0 Å². The minimum Gasteiger partial charge on any atom is -0.374 e. The van der Waals surface area contributed by atoms with Gasteiger partial charge in [0.15, 0.2) is 0 Å². The van der Waals surface area contributed by atoms with Crippen molar-refractivity contribution >= 4 is 25.2 Å². The maximum atomic E-state index is 11.5. The molecule has 0 rings (SSSR count). The summed E-state index contributed by atoms with van der Waals surface area (Å²) in [5.74, 6) is -1.44. The fraction of sp³-hybridized carbons (Fsp3) is 0.500. The molecule has 1 atom stereocenters. The van der Waals surface area contributed by atoms with Crippen molar-refractivity contribution in [3.8, 4) is 0 Å². The summed E-state index contributed by atoms with van der Waals surface area (Å²) in [6.45, 7) is 8.35. The number of nitrogens with one attached hydrogen (secondary N) is 2. The van der Waals surface area contributed by atoms with Crippen LogP contribution < -0.4 is 10.6 Å². The van der Waals surface area contributed by atoms with Crippen LogP contribution in [0.3, 0.4) is 0 Å². The van der Waals surface area contributed by atoms with Gasteiger partial charge in [0, 0.05) is 25.1 Å². The second-order valence-electron chi connectivity index (χ2n) is 5.04. The predicted molar refractivity (Wildman–Crippen MR) is 87.3 cm³/mol. The van der Waals surface area contributed by atoms with E-state index >= 15 is 0 Å². The minimum atomic E-state index is -4.39.